The van der Waals surface area contributed by atoms with Crippen LogP contribution in [0.25, 0.3) is 11.4 Å². The van der Waals surface area contributed by atoms with Crippen molar-refractivity contribution in [1.82, 2.24) is 20.2 Å². The Morgan fingerprint density at radius 1 is 1.21 bits per heavy atom. The maximum atomic E-state index is 12.4. The largest absolute Gasteiger partial charge is 0.496 e. The molecule has 1 aromatic heterocycles. The van der Waals surface area contributed by atoms with Crippen LogP contribution < -0.4 is 15.9 Å². The average molecular weight is 398 g/mol. The number of aryl methyl sites for hydroxylation is 1. The number of para-hydroxylation sites is 1. The van der Waals surface area contributed by atoms with Gasteiger partial charge in [-0.25, -0.2) is 4.68 Å². The van der Waals surface area contributed by atoms with Gasteiger partial charge in [-0.3, -0.25) is 4.79 Å². The molecule has 0 aliphatic heterocycles. The molecule has 3 rings (SSSR count). The van der Waals surface area contributed by atoms with Gasteiger partial charge in [-0.2, -0.15) is 0 Å². The van der Waals surface area contributed by atoms with Gasteiger partial charge in [-0.1, -0.05) is 53.7 Å². The van der Waals surface area contributed by atoms with E-state index in [4.69, 9.17) is 10.6 Å². The molecule has 7 nitrogen and oxygen atoms in total. The summed E-state index contributed by atoms with van der Waals surface area (Å²) in [5, 5.41) is 11.3. The van der Waals surface area contributed by atoms with E-state index in [1.54, 1.807) is 7.11 Å². The number of amides is 1. The molecule has 0 fully saturated rings. The minimum atomic E-state index is -0.373. The second-order valence-electron chi connectivity index (χ2n) is 6.34. The molecule has 0 spiro atoms. The molecule has 8 heteroatoms. The summed E-state index contributed by atoms with van der Waals surface area (Å²) >= 11 is 1.26. The highest BCUT2D eigenvalue weighted by molar-refractivity contribution is 8.00. The van der Waals surface area contributed by atoms with Crippen LogP contribution in [-0.4, -0.2) is 33.1 Å². The minimum absolute atomic E-state index is 0.0904. The molecule has 0 radical (unpaired) electrons. The van der Waals surface area contributed by atoms with Crippen LogP contribution in [0.5, 0.6) is 5.75 Å². The third kappa shape index (κ3) is 4.45. The van der Waals surface area contributed by atoms with Gasteiger partial charge in [-0.05, 0) is 31.5 Å². The van der Waals surface area contributed by atoms with Crippen molar-refractivity contribution >= 4 is 17.7 Å². The lowest BCUT2D eigenvalue weighted by molar-refractivity contribution is -0.120. The second kappa shape index (κ2) is 8.79. The maximum Gasteiger partial charge on any atom is 0.233 e. The van der Waals surface area contributed by atoms with Crippen molar-refractivity contribution in [2.45, 2.75) is 30.8 Å². The fourth-order valence-electron chi connectivity index (χ4n) is 2.62. The highest BCUT2D eigenvalue weighted by Gasteiger charge is 2.21. The predicted octanol–water partition coefficient (Wildman–Crippen LogP) is 2.77. The Morgan fingerprint density at radius 2 is 1.93 bits per heavy atom. The van der Waals surface area contributed by atoms with Crippen LogP contribution in [0.2, 0.25) is 0 Å². The number of carbonyl (C=O) groups is 1. The van der Waals surface area contributed by atoms with Crippen LogP contribution in [0.1, 0.15) is 18.1 Å². The summed E-state index contributed by atoms with van der Waals surface area (Å²) < 4.78 is 6.74. The number of methoxy groups -OCH3 is 1. The highest BCUT2D eigenvalue weighted by atomic mass is 32.2. The molecule has 0 saturated carbocycles. The smallest absolute Gasteiger partial charge is 0.233 e. The third-order valence-corrected chi connectivity index (χ3v) is 5.31. The first-order valence-corrected chi connectivity index (χ1v) is 9.71. The molecule has 1 atom stereocenters. The van der Waals surface area contributed by atoms with Crippen LogP contribution in [0.4, 0.5) is 0 Å². The highest BCUT2D eigenvalue weighted by Crippen LogP contribution is 2.30. The Bertz CT molecular complexity index is 955. The van der Waals surface area contributed by atoms with Gasteiger partial charge in [-0.15, -0.1) is 10.2 Å². The van der Waals surface area contributed by atoms with Crippen molar-refractivity contribution in [2.24, 2.45) is 0 Å². The molecule has 0 aliphatic carbocycles. The third-order valence-electron chi connectivity index (χ3n) is 4.25. The summed E-state index contributed by atoms with van der Waals surface area (Å²) in [7, 11) is 1.59. The van der Waals surface area contributed by atoms with Crippen molar-refractivity contribution in [2.75, 3.05) is 13.0 Å². The van der Waals surface area contributed by atoms with Gasteiger partial charge in [0.05, 0.1) is 17.9 Å². The number of nitrogen functional groups attached to an aromatic ring is 1. The van der Waals surface area contributed by atoms with Crippen LogP contribution in [0, 0.1) is 6.92 Å². The Labute approximate surface area is 168 Å². The van der Waals surface area contributed by atoms with E-state index in [1.165, 1.54) is 22.0 Å². The summed E-state index contributed by atoms with van der Waals surface area (Å²) in [6.07, 6.45) is 0. The zero-order valence-corrected chi connectivity index (χ0v) is 16.9. The lowest BCUT2D eigenvalue weighted by Gasteiger charge is -2.12. The van der Waals surface area contributed by atoms with Crippen molar-refractivity contribution in [3.05, 3.63) is 59.7 Å². The number of ether oxygens (including phenoxy) is 1. The number of carbonyl (C=O) groups excluding carboxylic acids is 1. The molecule has 1 unspecified atom stereocenters. The molecule has 28 heavy (non-hydrogen) atoms. The molecule has 2 aromatic carbocycles. The molecular formula is C20H23N5O2S. The van der Waals surface area contributed by atoms with Crippen molar-refractivity contribution in [3.63, 3.8) is 0 Å². The van der Waals surface area contributed by atoms with Gasteiger partial charge in [0.1, 0.15) is 5.75 Å². The fourth-order valence-corrected chi connectivity index (χ4v) is 3.42. The number of aromatic nitrogens is 3. The SMILES string of the molecule is COc1ccccc1-c1nnc(SC(C)C(=O)NCc2ccc(C)cc2)n1N. The van der Waals surface area contributed by atoms with E-state index in [1.807, 2.05) is 62.4 Å². The number of rotatable bonds is 7. The van der Waals surface area contributed by atoms with Crippen LogP contribution in [0.15, 0.2) is 53.7 Å². The van der Waals surface area contributed by atoms with Gasteiger partial charge in [0.15, 0.2) is 5.82 Å². The number of nitrogens with zero attached hydrogens (tertiary/aromatic N) is 3. The Hall–Kier alpha value is -3.00. The Balaban J connectivity index is 1.65. The number of hydrogen-bond donors (Lipinski definition) is 2. The predicted molar refractivity (Wildman–Crippen MR) is 111 cm³/mol. The van der Waals surface area contributed by atoms with Gasteiger partial charge in [0.2, 0.25) is 11.1 Å². The van der Waals surface area contributed by atoms with Crippen LogP contribution >= 0.6 is 11.8 Å². The van der Waals surface area contributed by atoms with E-state index in [0.717, 1.165) is 11.1 Å². The van der Waals surface area contributed by atoms with Gasteiger partial charge in [0.25, 0.3) is 0 Å². The minimum Gasteiger partial charge on any atom is -0.496 e. The Kier molecular flexibility index (Phi) is 6.20. The molecule has 0 saturated heterocycles. The zero-order valence-electron chi connectivity index (χ0n) is 16.0. The van der Waals surface area contributed by atoms with Crippen LogP contribution in [0.3, 0.4) is 0 Å². The molecule has 146 valence electrons. The molecule has 3 N–H and O–H groups in total. The number of benzene rings is 2. The summed E-state index contributed by atoms with van der Waals surface area (Å²) in [5.41, 5.74) is 2.98. The quantitative estimate of drug-likeness (QED) is 0.470. The number of thioether (sulfide) groups is 1. The fraction of sp³-hybridized carbons (Fsp3) is 0.250. The van der Waals surface area contributed by atoms with E-state index in [9.17, 15) is 4.79 Å². The molecule has 1 amide bonds. The number of hydrogen-bond acceptors (Lipinski definition) is 6. The summed E-state index contributed by atoms with van der Waals surface area (Å²) in [5.74, 6) is 7.21. The molecule has 0 aliphatic rings. The van der Waals surface area contributed by atoms with E-state index in [-0.39, 0.29) is 11.2 Å². The maximum absolute atomic E-state index is 12.4. The van der Waals surface area contributed by atoms with E-state index < -0.39 is 0 Å². The van der Waals surface area contributed by atoms with Crippen LogP contribution in [-0.2, 0) is 11.3 Å². The van der Waals surface area contributed by atoms with Crippen molar-refractivity contribution in [1.29, 1.82) is 0 Å². The van der Waals surface area contributed by atoms with E-state index in [2.05, 4.69) is 15.5 Å². The lowest BCUT2D eigenvalue weighted by Crippen LogP contribution is -2.30. The molecular weight excluding hydrogens is 374 g/mol. The monoisotopic (exact) mass is 397 g/mol. The molecule has 1 heterocycles. The van der Waals surface area contributed by atoms with Gasteiger partial charge >= 0.3 is 0 Å². The Morgan fingerprint density at radius 3 is 2.64 bits per heavy atom. The summed E-state index contributed by atoms with van der Waals surface area (Å²) in [6, 6.07) is 15.5. The second-order valence-corrected chi connectivity index (χ2v) is 7.65. The van der Waals surface area contributed by atoms with E-state index >= 15 is 0 Å². The average Bonchev–Trinajstić information content (AvgIpc) is 3.07. The first-order valence-electron chi connectivity index (χ1n) is 8.83. The van der Waals surface area contributed by atoms with Crippen molar-refractivity contribution < 1.29 is 9.53 Å². The number of nitrogens with one attached hydrogen (secondary N) is 1. The normalized spacial score (nSPS) is 11.8. The summed E-state index contributed by atoms with van der Waals surface area (Å²) in [6.45, 7) is 4.32. The molecule has 0 bridgehead atoms. The lowest BCUT2D eigenvalue weighted by atomic mass is 10.1. The first kappa shape index (κ1) is 19.8. The summed E-state index contributed by atoms with van der Waals surface area (Å²) in [4.78, 5) is 12.4. The first-order chi connectivity index (χ1) is 13.5. The van der Waals surface area contributed by atoms with E-state index in [0.29, 0.717) is 23.3 Å². The topological polar surface area (TPSA) is 95.1 Å². The molecule has 3 aromatic rings. The van der Waals surface area contributed by atoms with Gasteiger partial charge in [0, 0.05) is 6.54 Å². The van der Waals surface area contributed by atoms with Gasteiger partial charge < -0.3 is 15.9 Å². The van der Waals surface area contributed by atoms with Crippen molar-refractivity contribution in [3.8, 4) is 17.1 Å². The standard InChI is InChI=1S/C20H23N5O2S/c1-13-8-10-15(11-9-13)12-22-19(26)14(2)28-20-24-23-18(25(20)21)16-6-4-5-7-17(16)27-3/h4-11,14H,12,21H2,1-3H3,(H,22,26). The zero-order chi connectivity index (χ0) is 20.1. The number of nitrogens with two attached hydrogens (primary N) is 1.